The molecule has 0 aliphatic carbocycles. The highest BCUT2D eigenvalue weighted by Gasteiger charge is 2.12. The summed E-state index contributed by atoms with van der Waals surface area (Å²) in [4.78, 5) is 4.11. The van der Waals surface area contributed by atoms with E-state index in [0.29, 0.717) is 23.4 Å². The summed E-state index contributed by atoms with van der Waals surface area (Å²) in [5.41, 5.74) is 8.32. The van der Waals surface area contributed by atoms with E-state index in [1.54, 1.807) is 48.7 Å². The molecule has 2 aromatic carbocycles. The van der Waals surface area contributed by atoms with E-state index < -0.39 is 5.82 Å². The number of nitrogens with two attached hydrogens (primary N) is 1. The van der Waals surface area contributed by atoms with Crippen molar-refractivity contribution in [1.29, 1.82) is 0 Å². The molecule has 0 unspecified atom stereocenters. The average Bonchev–Trinajstić information content (AvgIpc) is 3.09. The lowest BCUT2D eigenvalue weighted by Crippen LogP contribution is -2.01. The Hall–Kier alpha value is -3.48. The van der Waals surface area contributed by atoms with Crippen LogP contribution in [0.15, 0.2) is 60.8 Å². The summed E-state index contributed by atoms with van der Waals surface area (Å²) in [5, 5.41) is 4.02. The van der Waals surface area contributed by atoms with Gasteiger partial charge in [-0.1, -0.05) is 24.3 Å². The van der Waals surface area contributed by atoms with E-state index in [1.807, 2.05) is 0 Å². The number of hydrogen-bond donors (Lipinski definition) is 1. The summed E-state index contributed by atoms with van der Waals surface area (Å²) < 4.78 is 35.1. The zero-order valence-corrected chi connectivity index (χ0v) is 15.7. The van der Waals surface area contributed by atoms with Crippen molar-refractivity contribution in [2.24, 2.45) is 0 Å². The standard InChI is InChI=1S/C22H20F2N4O/c23-17-9-7-15(8-10-17)4-1-2-13-29-19-6-3-5-18(21(19)24)16-11-12-28-20(14-16)26-22(25)27-28/h3,5-12,14H,1-2,4,13H2,(H2,25,27). The quantitative estimate of drug-likeness (QED) is 0.463. The van der Waals surface area contributed by atoms with Crippen molar-refractivity contribution in [2.45, 2.75) is 19.3 Å². The van der Waals surface area contributed by atoms with Gasteiger partial charge in [-0.3, -0.25) is 0 Å². The summed E-state index contributed by atoms with van der Waals surface area (Å²) in [5.74, 6) is -0.271. The fraction of sp³-hybridized carbons (Fsp3) is 0.182. The van der Waals surface area contributed by atoms with Gasteiger partial charge in [-0.15, -0.1) is 5.10 Å². The molecule has 0 saturated carbocycles. The lowest BCUT2D eigenvalue weighted by atomic mass is 10.1. The highest BCUT2D eigenvalue weighted by atomic mass is 19.1. The first kappa shape index (κ1) is 18.9. The molecule has 7 heteroatoms. The Morgan fingerprint density at radius 3 is 2.66 bits per heavy atom. The molecule has 2 aromatic heterocycles. The molecule has 2 heterocycles. The molecule has 29 heavy (non-hydrogen) atoms. The first-order valence-electron chi connectivity index (χ1n) is 9.38. The van der Waals surface area contributed by atoms with Gasteiger partial charge in [0.05, 0.1) is 6.61 Å². The van der Waals surface area contributed by atoms with Gasteiger partial charge >= 0.3 is 0 Å². The highest BCUT2D eigenvalue weighted by Crippen LogP contribution is 2.29. The van der Waals surface area contributed by atoms with Crippen LogP contribution in [-0.4, -0.2) is 21.2 Å². The number of aryl methyl sites for hydroxylation is 1. The number of aromatic nitrogens is 3. The maximum atomic E-state index is 14.9. The van der Waals surface area contributed by atoms with Crippen LogP contribution in [0.25, 0.3) is 16.8 Å². The normalized spacial score (nSPS) is 11.1. The molecule has 0 amide bonds. The topological polar surface area (TPSA) is 65.4 Å². The second kappa shape index (κ2) is 8.26. The molecule has 4 rings (SSSR count). The Morgan fingerprint density at radius 1 is 1.00 bits per heavy atom. The van der Waals surface area contributed by atoms with Crippen molar-refractivity contribution in [3.05, 3.63) is 78.0 Å². The Labute approximate surface area is 166 Å². The number of benzene rings is 2. The van der Waals surface area contributed by atoms with Crippen molar-refractivity contribution < 1.29 is 13.5 Å². The Morgan fingerprint density at radius 2 is 1.83 bits per heavy atom. The van der Waals surface area contributed by atoms with Crippen molar-refractivity contribution in [2.75, 3.05) is 12.3 Å². The predicted octanol–water partition coefficient (Wildman–Crippen LogP) is 4.66. The number of fused-ring (bicyclic) bond motifs is 1. The van der Waals surface area contributed by atoms with E-state index in [4.69, 9.17) is 10.5 Å². The monoisotopic (exact) mass is 394 g/mol. The number of unbranched alkanes of at least 4 members (excludes halogenated alkanes) is 1. The predicted molar refractivity (Wildman–Crippen MR) is 108 cm³/mol. The van der Waals surface area contributed by atoms with Gasteiger partial charge in [0.1, 0.15) is 5.82 Å². The van der Waals surface area contributed by atoms with Gasteiger partial charge in [-0.2, -0.15) is 4.98 Å². The highest BCUT2D eigenvalue weighted by molar-refractivity contribution is 5.69. The maximum Gasteiger partial charge on any atom is 0.240 e. The summed E-state index contributed by atoms with van der Waals surface area (Å²) in [6, 6.07) is 15.0. The minimum Gasteiger partial charge on any atom is -0.490 e. The summed E-state index contributed by atoms with van der Waals surface area (Å²) in [7, 11) is 0. The van der Waals surface area contributed by atoms with E-state index in [2.05, 4.69) is 10.1 Å². The van der Waals surface area contributed by atoms with Crippen molar-refractivity contribution in [3.63, 3.8) is 0 Å². The molecule has 0 saturated heterocycles. The summed E-state index contributed by atoms with van der Waals surface area (Å²) in [6.45, 7) is 0.404. The van der Waals surface area contributed by atoms with Crippen molar-refractivity contribution in [1.82, 2.24) is 14.6 Å². The minimum atomic E-state index is -0.414. The second-order valence-electron chi connectivity index (χ2n) is 6.74. The van der Waals surface area contributed by atoms with Crippen LogP contribution in [0.5, 0.6) is 5.75 Å². The molecule has 4 aromatic rings. The van der Waals surface area contributed by atoms with E-state index in [1.165, 1.54) is 16.6 Å². The second-order valence-corrected chi connectivity index (χ2v) is 6.74. The SMILES string of the molecule is Nc1nc2cc(-c3cccc(OCCCCc4ccc(F)cc4)c3F)ccn2n1. The molecular weight excluding hydrogens is 374 g/mol. The molecular formula is C22H20F2N4O. The van der Waals surface area contributed by atoms with Crippen LogP contribution >= 0.6 is 0 Å². The number of anilines is 1. The molecule has 0 atom stereocenters. The van der Waals surface area contributed by atoms with Gasteiger partial charge in [0.2, 0.25) is 5.95 Å². The van der Waals surface area contributed by atoms with Crippen molar-refractivity contribution in [3.8, 4) is 16.9 Å². The number of pyridine rings is 1. The van der Waals surface area contributed by atoms with Gasteiger partial charge in [0, 0.05) is 11.8 Å². The molecule has 0 bridgehead atoms. The molecule has 0 aliphatic rings. The van der Waals surface area contributed by atoms with E-state index in [0.717, 1.165) is 24.8 Å². The van der Waals surface area contributed by atoms with Crippen LogP contribution in [-0.2, 0) is 6.42 Å². The molecule has 0 radical (unpaired) electrons. The van der Waals surface area contributed by atoms with Crippen molar-refractivity contribution >= 4 is 11.6 Å². The first-order valence-corrected chi connectivity index (χ1v) is 9.38. The minimum absolute atomic E-state index is 0.167. The third kappa shape index (κ3) is 4.34. The van der Waals surface area contributed by atoms with Crippen LogP contribution in [0.2, 0.25) is 0 Å². The van der Waals surface area contributed by atoms with Gasteiger partial charge in [-0.05, 0) is 60.7 Å². The molecule has 0 spiro atoms. The number of rotatable bonds is 7. The Kier molecular flexibility index (Phi) is 5.37. The molecule has 148 valence electrons. The maximum absolute atomic E-state index is 14.9. The largest absolute Gasteiger partial charge is 0.490 e. The smallest absolute Gasteiger partial charge is 0.240 e. The molecule has 0 aliphatic heterocycles. The van der Waals surface area contributed by atoms with Gasteiger partial charge < -0.3 is 10.5 Å². The van der Waals surface area contributed by atoms with E-state index in [-0.39, 0.29) is 17.5 Å². The number of nitrogen functional groups attached to an aromatic ring is 1. The van der Waals surface area contributed by atoms with Crippen LogP contribution < -0.4 is 10.5 Å². The average molecular weight is 394 g/mol. The zero-order chi connectivity index (χ0) is 20.2. The van der Waals surface area contributed by atoms with E-state index in [9.17, 15) is 8.78 Å². The number of hydrogen-bond acceptors (Lipinski definition) is 4. The molecule has 2 N–H and O–H groups in total. The first-order chi connectivity index (χ1) is 14.1. The summed E-state index contributed by atoms with van der Waals surface area (Å²) in [6.07, 6.45) is 4.16. The lowest BCUT2D eigenvalue weighted by Gasteiger charge is -2.11. The third-order valence-electron chi connectivity index (χ3n) is 4.66. The number of nitrogens with zero attached hydrogens (tertiary/aromatic N) is 3. The van der Waals surface area contributed by atoms with Crippen LogP contribution in [0, 0.1) is 11.6 Å². The zero-order valence-electron chi connectivity index (χ0n) is 15.7. The molecule has 0 fully saturated rings. The van der Waals surface area contributed by atoms with Crippen LogP contribution in [0.4, 0.5) is 14.7 Å². The van der Waals surface area contributed by atoms with Crippen LogP contribution in [0.3, 0.4) is 0 Å². The fourth-order valence-electron chi connectivity index (χ4n) is 3.18. The Balaban J connectivity index is 1.39. The van der Waals surface area contributed by atoms with Gasteiger partial charge in [0.25, 0.3) is 0 Å². The number of halogens is 2. The van der Waals surface area contributed by atoms with Gasteiger partial charge in [-0.25, -0.2) is 13.3 Å². The number of ether oxygens (including phenoxy) is 1. The Bertz CT molecular complexity index is 1130. The summed E-state index contributed by atoms with van der Waals surface area (Å²) >= 11 is 0. The lowest BCUT2D eigenvalue weighted by molar-refractivity contribution is 0.292. The van der Waals surface area contributed by atoms with Crippen LogP contribution in [0.1, 0.15) is 18.4 Å². The van der Waals surface area contributed by atoms with Gasteiger partial charge in [0.15, 0.2) is 17.2 Å². The third-order valence-corrected chi connectivity index (χ3v) is 4.66. The molecule has 5 nitrogen and oxygen atoms in total. The van der Waals surface area contributed by atoms with E-state index >= 15 is 0 Å². The fourth-order valence-corrected chi connectivity index (χ4v) is 3.18.